The third-order valence-corrected chi connectivity index (χ3v) is 2.42. The lowest BCUT2D eigenvalue weighted by atomic mass is 10.3. The van der Waals surface area contributed by atoms with E-state index in [0.717, 1.165) is 25.3 Å². The van der Waals surface area contributed by atoms with Crippen molar-refractivity contribution in [3.8, 4) is 0 Å². The van der Waals surface area contributed by atoms with E-state index in [1.165, 1.54) is 18.6 Å². The minimum atomic E-state index is 0.689. The SMILES string of the molecule is C=C(C)COCCNCCCCSC. The Morgan fingerprint density at radius 1 is 1.36 bits per heavy atom. The highest BCUT2D eigenvalue weighted by atomic mass is 32.2. The molecular weight excluding hydrogens is 194 g/mol. The van der Waals surface area contributed by atoms with Crippen molar-refractivity contribution < 1.29 is 4.74 Å². The van der Waals surface area contributed by atoms with E-state index in [1.807, 2.05) is 18.7 Å². The summed E-state index contributed by atoms with van der Waals surface area (Å²) >= 11 is 1.91. The van der Waals surface area contributed by atoms with Crippen molar-refractivity contribution in [2.24, 2.45) is 0 Å². The van der Waals surface area contributed by atoms with E-state index in [2.05, 4.69) is 18.2 Å². The second kappa shape index (κ2) is 11.1. The second-order valence-electron chi connectivity index (χ2n) is 3.46. The molecule has 0 aromatic heterocycles. The zero-order valence-corrected chi connectivity index (χ0v) is 10.3. The van der Waals surface area contributed by atoms with E-state index in [1.54, 1.807) is 0 Å². The Hall–Kier alpha value is 0.0100. The van der Waals surface area contributed by atoms with Gasteiger partial charge in [0.15, 0.2) is 0 Å². The van der Waals surface area contributed by atoms with Crippen LogP contribution in [0.15, 0.2) is 12.2 Å². The fraction of sp³-hybridized carbons (Fsp3) is 0.818. The number of nitrogens with one attached hydrogen (secondary N) is 1. The summed E-state index contributed by atoms with van der Waals surface area (Å²) in [6.45, 7) is 9.29. The van der Waals surface area contributed by atoms with Crippen LogP contribution >= 0.6 is 11.8 Å². The highest BCUT2D eigenvalue weighted by molar-refractivity contribution is 7.98. The van der Waals surface area contributed by atoms with Crippen LogP contribution in [-0.2, 0) is 4.74 Å². The third-order valence-electron chi connectivity index (χ3n) is 1.72. The second-order valence-corrected chi connectivity index (χ2v) is 4.45. The maximum atomic E-state index is 5.36. The van der Waals surface area contributed by atoms with Crippen LogP contribution in [-0.4, -0.2) is 38.3 Å². The highest BCUT2D eigenvalue weighted by Gasteiger charge is 1.90. The molecule has 0 rings (SSSR count). The lowest BCUT2D eigenvalue weighted by Crippen LogP contribution is -2.21. The molecule has 0 saturated heterocycles. The first-order chi connectivity index (χ1) is 6.77. The molecule has 0 atom stereocenters. The fourth-order valence-corrected chi connectivity index (χ4v) is 1.50. The molecule has 0 fully saturated rings. The van der Waals surface area contributed by atoms with Crippen molar-refractivity contribution >= 4 is 11.8 Å². The minimum absolute atomic E-state index is 0.689. The summed E-state index contributed by atoms with van der Waals surface area (Å²) in [6, 6.07) is 0. The molecule has 0 radical (unpaired) electrons. The number of ether oxygens (including phenoxy) is 1. The molecule has 1 N–H and O–H groups in total. The van der Waals surface area contributed by atoms with Gasteiger partial charge in [0.2, 0.25) is 0 Å². The molecule has 3 heteroatoms. The highest BCUT2D eigenvalue weighted by Crippen LogP contribution is 1.97. The van der Waals surface area contributed by atoms with Crippen molar-refractivity contribution in [2.75, 3.05) is 38.3 Å². The molecule has 0 bridgehead atoms. The van der Waals surface area contributed by atoms with Gasteiger partial charge in [0.25, 0.3) is 0 Å². The van der Waals surface area contributed by atoms with Gasteiger partial charge in [-0.15, -0.1) is 0 Å². The average molecular weight is 217 g/mol. The smallest absolute Gasteiger partial charge is 0.0672 e. The molecule has 0 aromatic rings. The molecular formula is C11H23NOS. The van der Waals surface area contributed by atoms with Gasteiger partial charge in [0.05, 0.1) is 13.2 Å². The topological polar surface area (TPSA) is 21.3 Å². The molecule has 84 valence electrons. The summed E-state index contributed by atoms with van der Waals surface area (Å²) in [6.07, 6.45) is 4.72. The molecule has 0 aliphatic rings. The van der Waals surface area contributed by atoms with Gasteiger partial charge in [-0.1, -0.05) is 12.2 Å². The van der Waals surface area contributed by atoms with Gasteiger partial charge in [-0.05, 0) is 38.3 Å². The van der Waals surface area contributed by atoms with Crippen LogP contribution in [0.1, 0.15) is 19.8 Å². The fourth-order valence-electron chi connectivity index (χ4n) is 1.01. The van der Waals surface area contributed by atoms with Crippen LogP contribution < -0.4 is 5.32 Å². The number of hydrogen-bond donors (Lipinski definition) is 1. The van der Waals surface area contributed by atoms with Crippen LogP contribution in [0.3, 0.4) is 0 Å². The average Bonchev–Trinajstić information content (AvgIpc) is 2.15. The van der Waals surface area contributed by atoms with Crippen molar-refractivity contribution in [3.05, 3.63) is 12.2 Å². The molecule has 0 aromatic carbocycles. The molecule has 0 aliphatic heterocycles. The number of hydrogen-bond acceptors (Lipinski definition) is 3. The van der Waals surface area contributed by atoms with E-state index in [0.29, 0.717) is 6.61 Å². The van der Waals surface area contributed by atoms with Crippen LogP contribution in [0.2, 0.25) is 0 Å². The van der Waals surface area contributed by atoms with Gasteiger partial charge < -0.3 is 10.1 Å². The molecule has 14 heavy (non-hydrogen) atoms. The number of thioether (sulfide) groups is 1. The van der Waals surface area contributed by atoms with Crippen molar-refractivity contribution in [1.82, 2.24) is 5.32 Å². The van der Waals surface area contributed by atoms with E-state index in [9.17, 15) is 0 Å². The molecule has 0 saturated carbocycles. The van der Waals surface area contributed by atoms with Crippen LogP contribution in [0.4, 0.5) is 0 Å². The van der Waals surface area contributed by atoms with Crippen LogP contribution in [0.25, 0.3) is 0 Å². The first-order valence-electron chi connectivity index (χ1n) is 5.19. The maximum absolute atomic E-state index is 5.36. The Kier molecular flexibility index (Phi) is 11.1. The van der Waals surface area contributed by atoms with Crippen molar-refractivity contribution in [2.45, 2.75) is 19.8 Å². The zero-order chi connectivity index (χ0) is 10.6. The normalized spacial score (nSPS) is 10.4. The summed E-state index contributed by atoms with van der Waals surface area (Å²) in [7, 11) is 0. The summed E-state index contributed by atoms with van der Waals surface area (Å²) < 4.78 is 5.36. The van der Waals surface area contributed by atoms with Gasteiger partial charge in [-0.3, -0.25) is 0 Å². The minimum Gasteiger partial charge on any atom is -0.376 e. The Morgan fingerprint density at radius 3 is 2.79 bits per heavy atom. The lowest BCUT2D eigenvalue weighted by molar-refractivity contribution is 0.158. The molecule has 0 unspecified atom stereocenters. The summed E-state index contributed by atoms with van der Waals surface area (Å²) in [5.74, 6) is 1.27. The number of rotatable bonds is 10. The third kappa shape index (κ3) is 12.0. The Bertz CT molecular complexity index is 139. The summed E-state index contributed by atoms with van der Waals surface area (Å²) in [5.41, 5.74) is 1.09. The van der Waals surface area contributed by atoms with Crippen molar-refractivity contribution in [1.29, 1.82) is 0 Å². The van der Waals surface area contributed by atoms with Gasteiger partial charge in [0.1, 0.15) is 0 Å². The van der Waals surface area contributed by atoms with E-state index < -0.39 is 0 Å². The Labute approximate surface area is 92.5 Å². The first kappa shape index (κ1) is 14.0. The first-order valence-corrected chi connectivity index (χ1v) is 6.58. The molecule has 0 heterocycles. The summed E-state index contributed by atoms with van der Waals surface area (Å²) in [5, 5.41) is 3.35. The monoisotopic (exact) mass is 217 g/mol. The quantitative estimate of drug-likeness (QED) is 0.448. The predicted octanol–water partition coefficient (Wildman–Crippen LogP) is 2.31. The summed E-state index contributed by atoms with van der Waals surface area (Å²) in [4.78, 5) is 0. The van der Waals surface area contributed by atoms with Gasteiger partial charge in [-0.2, -0.15) is 11.8 Å². The van der Waals surface area contributed by atoms with Crippen LogP contribution in [0, 0.1) is 0 Å². The van der Waals surface area contributed by atoms with E-state index in [4.69, 9.17) is 4.74 Å². The molecule has 2 nitrogen and oxygen atoms in total. The standard InChI is InChI=1S/C11H23NOS/c1-11(2)10-13-8-7-12-6-4-5-9-14-3/h12H,1,4-10H2,2-3H3. The Balaban J connectivity index is 2.88. The van der Waals surface area contributed by atoms with Gasteiger partial charge in [-0.25, -0.2) is 0 Å². The predicted molar refractivity (Wildman–Crippen MR) is 66.1 cm³/mol. The largest absolute Gasteiger partial charge is 0.376 e. The molecule has 0 aliphatic carbocycles. The zero-order valence-electron chi connectivity index (χ0n) is 9.47. The van der Waals surface area contributed by atoms with Crippen molar-refractivity contribution in [3.63, 3.8) is 0 Å². The van der Waals surface area contributed by atoms with Gasteiger partial charge >= 0.3 is 0 Å². The molecule has 0 amide bonds. The Morgan fingerprint density at radius 2 is 2.14 bits per heavy atom. The van der Waals surface area contributed by atoms with Gasteiger partial charge in [0, 0.05) is 6.54 Å². The van der Waals surface area contributed by atoms with Crippen LogP contribution in [0.5, 0.6) is 0 Å². The van der Waals surface area contributed by atoms with E-state index >= 15 is 0 Å². The molecule has 0 spiro atoms. The van der Waals surface area contributed by atoms with E-state index in [-0.39, 0.29) is 0 Å². The lowest BCUT2D eigenvalue weighted by Gasteiger charge is -2.05. The number of unbranched alkanes of at least 4 members (excludes halogenated alkanes) is 1. The maximum Gasteiger partial charge on any atom is 0.0672 e.